The minimum absolute atomic E-state index is 0.647. The predicted molar refractivity (Wildman–Crippen MR) is 106 cm³/mol. The normalized spacial score (nSPS) is 11.1. The van der Waals surface area contributed by atoms with E-state index in [1.165, 1.54) is 99.3 Å². The fourth-order valence-electron chi connectivity index (χ4n) is 3.37. The van der Waals surface area contributed by atoms with E-state index in [0.29, 0.717) is 5.88 Å². The van der Waals surface area contributed by atoms with Crippen molar-refractivity contribution in [2.75, 3.05) is 0 Å². The Morgan fingerprint density at radius 1 is 0.739 bits per heavy atom. The van der Waals surface area contributed by atoms with Gasteiger partial charge in [-0.05, 0) is 48.9 Å². The summed E-state index contributed by atoms with van der Waals surface area (Å²) in [5, 5.41) is 0. The highest BCUT2D eigenvalue weighted by molar-refractivity contribution is 6.17. The van der Waals surface area contributed by atoms with E-state index in [1.54, 1.807) is 0 Å². The molecule has 0 atom stereocenters. The summed E-state index contributed by atoms with van der Waals surface area (Å²) in [6.07, 6.45) is 16.7. The van der Waals surface area contributed by atoms with Crippen LogP contribution in [-0.2, 0) is 12.3 Å². The highest BCUT2D eigenvalue weighted by Crippen LogP contribution is 2.22. The van der Waals surface area contributed by atoms with E-state index in [2.05, 4.69) is 32.9 Å². The average Bonchev–Trinajstić information content (AvgIpc) is 2.56. The summed E-state index contributed by atoms with van der Waals surface area (Å²) in [5.74, 6) is 0.647. The monoisotopic (exact) mass is 336 g/mol. The molecule has 0 spiro atoms. The summed E-state index contributed by atoms with van der Waals surface area (Å²) < 4.78 is 0. The lowest BCUT2D eigenvalue weighted by molar-refractivity contribution is 0.549. The molecule has 23 heavy (non-hydrogen) atoms. The Kier molecular flexibility index (Phi) is 11.5. The van der Waals surface area contributed by atoms with E-state index in [4.69, 9.17) is 11.6 Å². The number of benzene rings is 1. The van der Waals surface area contributed by atoms with Gasteiger partial charge >= 0.3 is 0 Å². The highest BCUT2D eigenvalue weighted by atomic mass is 35.5. The highest BCUT2D eigenvalue weighted by Gasteiger charge is 2.07. The van der Waals surface area contributed by atoms with Crippen molar-refractivity contribution in [3.63, 3.8) is 0 Å². The van der Waals surface area contributed by atoms with Gasteiger partial charge in [-0.3, -0.25) is 0 Å². The third-order valence-corrected chi connectivity index (χ3v) is 5.43. The molecular weight excluding hydrogens is 300 g/mol. The largest absolute Gasteiger partial charge is 0.122 e. The molecule has 1 heteroatoms. The van der Waals surface area contributed by atoms with Gasteiger partial charge in [-0.15, -0.1) is 11.6 Å². The Hall–Kier alpha value is -0.490. The van der Waals surface area contributed by atoms with Gasteiger partial charge in [0.15, 0.2) is 0 Å². The fourth-order valence-corrected chi connectivity index (χ4v) is 3.62. The molecule has 0 unspecified atom stereocenters. The Morgan fingerprint density at radius 3 is 1.78 bits per heavy atom. The molecule has 0 amide bonds. The van der Waals surface area contributed by atoms with Gasteiger partial charge in [-0.25, -0.2) is 0 Å². The van der Waals surface area contributed by atoms with Crippen LogP contribution in [0.4, 0.5) is 0 Å². The molecule has 0 aromatic heterocycles. The van der Waals surface area contributed by atoms with Crippen LogP contribution in [0.15, 0.2) is 12.1 Å². The van der Waals surface area contributed by atoms with Crippen molar-refractivity contribution >= 4 is 11.6 Å². The van der Waals surface area contributed by atoms with Crippen molar-refractivity contribution in [3.8, 4) is 0 Å². The molecule has 0 radical (unpaired) electrons. The summed E-state index contributed by atoms with van der Waals surface area (Å²) in [6, 6.07) is 4.42. The number of rotatable bonds is 13. The Bertz CT molecular complexity index is 422. The zero-order valence-corrected chi connectivity index (χ0v) is 16.5. The van der Waals surface area contributed by atoms with Crippen molar-refractivity contribution in [2.45, 2.75) is 104 Å². The van der Waals surface area contributed by atoms with Gasteiger partial charge in [0, 0.05) is 5.88 Å². The van der Waals surface area contributed by atoms with Crippen LogP contribution in [-0.4, -0.2) is 0 Å². The first-order chi connectivity index (χ1) is 11.2. The summed E-state index contributed by atoms with van der Waals surface area (Å²) in [6.45, 7) is 6.74. The number of halogens is 1. The summed E-state index contributed by atoms with van der Waals surface area (Å²) in [7, 11) is 0. The van der Waals surface area contributed by atoms with E-state index in [1.807, 2.05) is 0 Å². The third-order valence-electron chi connectivity index (χ3n) is 5.14. The molecular formula is C22H37Cl. The maximum Gasteiger partial charge on any atom is 0.0476 e. The fraction of sp³-hybridized carbons (Fsp3) is 0.727. The number of aryl methyl sites for hydroxylation is 1. The maximum atomic E-state index is 6.10. The van der Waals surface area contributed by atoms with E-state index >= 15 is 0 Å². The molecule has 1 rings (SSSR count). The molecule has 0 saturated heterocycles. The van der Waals surface area contributed by atoms with E-state index < -0.39 is 0 Å². The lowest BCUT2D eigenvalue weighted by Gasteiger charge is -2.13. The van der Waals surface area contributed by atoms with Gasteiger partial charge in [0.1, 0.15) is 0 Å². The van der Waals surface area contributed by atoms with Gasteiger partial charge in [0.05, 0.1) is 0 Å². The van der Waals surface area contributed by atoms with Crippen LogP contribution in [0.2, 0.25) is 0 Å². The molecule has 132 valence electrons. The number of hydrogen-bond donors (Lipinski definition) is 0. The van der Waals surface area contributed by atoms with E-state index in [0.717, 1.165) is 0 Å². The van der Waals surface area contributed by atoms with Crippen molar-refractivity contribution in [1.82, 2.24) is 0 Å². The number of hydrogen-bond acceptors (Lipinski definition) is 0. The smallest absolute Gasteiger partial charge is 0.0476 e. The average molecular weight is 337 g/mol. The van der Waals surface area contributed by atoms with Gasteiger partial charge in [-0.1, -0.05) is 83.3 Å². The quantitative estimate of drug-likeness (QED) is 0.253. The first-order valence-corrected chi connectivity index (χ1v) is 10.4. The second kappa shape index (κ2) is 12.9. The van der Waals surface area contributed by atoms with Crippen LogP contribution < -0.4 is 0 Å². The summed E-state index contributed by atoms with van der Waals surface area (Å²) in [5.41, 5.74) is 5.70. The lowest BCUT2D eigenvalue weighted by Crippen LogP contribution is -1.98. The van der Waals surface area contributed by atoms with Crippen LogP contribution >= 0.6 is 11.6 Å². The standard InChI is InChI=1S/C22H37Cl/c1-4-5-6-7-8-9-10-11-12-13-14-15-22-20(3)19(2)16-17-21(22)18-23/h16-17H,4-15,18H2,1-3H3. The number of alkyl halides is 1. The zero-order valence-electron chi connectivity index (χ0n) is 15.7. The van der Waals surface area contributed by atoms with Crippen molar-refractivity contribution < 1.29 is 0 Å². The molecule has 1 aromatic rings. The molecule has 0 fully saturated rings. The van der Waals surface area contributed by atoms with Gasteiger partial charge in [0.2, 0.25) is 0 Å². The SMILES string of the molecule is CCCCCCCCCCCCCc1c(CCl)ccc(C)c1C. The topological polar surface area (TPSA) is 0 Å². The minimum Gasteiger partial charge on any atom is -0.122 e. The molecule has 0 aliphatic carbocycles. The van der Waals surface area contributed by atoms with Crippen LogP contribution in [0.5, 0.6) is 0 Å². The first-order valence-electron chi connectivity index (χ1n) is 9.84. The van der Waals surface area contributed by atoms with E-state index in [-0.39, 0.29) is 0 Å². The Morgan fingerprint density at radius 2 is 1.26 bits per heavy atom. The lowest BCUT2D eigenvalue weighted by atomic mass is 9.94. The molecule has 0 bridgehead atoms. The maximum absolute atomic E-state index is 6.10. The van der Waals surface area contributed by atoms with Crippen molar-refractivity contribution in [3.05, 3.63) is 34.4 Å². The van der Waals surface area contributed by atoms with Gasteiger partial charge in [-0.2, -0.15) is 0 Å². The van der Waals surface area contributed by atoms with Crippen LogP contribution in [0.25, 0.3) is 0 Å². The molecule has 0 aliphatic rings. The predicted octanol–water partition coefficient (Wildman–Crippen LogP) is 7.90. The molecule has 0 N–H and O–H groups in total. The van der Waals surface area contributed by atoms with Crippen LogP contribution in [0.1, 0.15) is 99.8 Å². The van der Waals surface area contributed by atoms with Crippen molar-refractivity contribution in [1.29, 1.82) is 0 Å². The van der Waals surface area contributed by atoms with Gasteiger partial charge < -0.3 is 0 Å². The summed E-state index contributed by atoms with van der Waals surface area (Å²) >= 11 is 6.10. The van der Waals surface area contributed by atoms with Gasteiger partial charge in [0.25, 0.3) is 0 Å². The second-order valence-electron chi connectivity index (χ2n) is 7.06. The Labute approximate surface area is 150 Å². The van der Waals surface area contributed by atoms with Crippen LogP contribution in [0, 0.1) is 13.8 Å². The first kappa shape index (κ1) is 20.6. The number of unbranched alkanes of at least 4 members (excludes halogenated alkanes) is 10. The molecule has 0 aliphatic heterocycles. The summed E-state index contributed by atoms with van der Waals surface area (Å²) in [4.78, 5) is 0. The van der Waals surface area contributed by atoms with Crippen LogP contribution in [0.3, 0.4) is 0 Å². The van der Waals surface area contributed by atoms with E-state index in [9.17, 15) is 0 Å². The molecule has 0 heterocycles. The van der Waals surface area contributed by atoms with Crippen molar-refractivity contribution in [2.24, 2.45) is 0 Å². The second-order valence-corrected chi connectivity index (χ2v) is 7.33. The third kappa shape index (κ3) is 8.25. The molecule has 0 nitrogen and oxygen atoms in total. The minimum atomic E-state index is 0.647. The Balaban J connectivity index is 2.11. The molecule has 0 saturated carbocycles. The molecule has 1 aromatic carbocycles. The zero-order chi connectivity index (χ0) is 16.9.